The first-order valence-electron chi connectivity index (χ1n) is 21.3. The molecule has 0 saturated carbocycles. The highest BCUT2D eigenvalue weighted by atomic mass is 15.1. The van der Waals surface area contributed by atoms with E-state index in [0.717, 1.165) is 56.1 Å². The van der Waals surface area contributed by atoms with Crippen LogP contribution >= 0.6 is 0 Å². The van der Waals surface area contributed by atoms with Crippen LogP contribution in [-0.4, -0.2) is 4.57 Å². The van der Waals surface area contributed by atoms with Crippen molar-refractivity contribution in [2.45, 2.75) is 0 Å². The molecule has 2 nitrogen and oxygen atoms in total. The van der Waals surface area contributed by atoms with Crippen LogP contribution < -0.4 is 4.90 Å². The van der Waals surface area contributed by atoms with Crippen LogP contribution in [0.15, 0.2) is 255 Å². The number of anilines is 3. The van der Waals surface area contributed by atoms with E-state index in [-0.39, 0.29) is 0 Å². The lowest BCUT2D eigenvalue weighted by Crippen LogP contribution is -2.12. The lowest BCUT2D eigenvalue weighted by molar-refractivity contribution is 1.18. The molecule has 0 fully saturated rings. The molecule has 0 aliphatic rings. The number of rotatable bonds is 9. The minimum atomic E-state index is 1.07. The molecule has 0 spiro atoms. The van der Waals surface area contributed by atoms with Crippen molar-refractivity contribution in [1.29, 1.82) is 0 Å². The summed E-state index contributed by atoms with van der Waals surface area (Å²) in [6.07, 6.45) is 0. The Labute approximate surface area is 362 Å². The fourth-order valence-electron chi connectivity index (χ4n) is 8.96. The van der Waals surface area contributed by atoms with Gasteiger partial charge >= 0.3 is 0 Å². The largest absolute Gasteiger partial charge is 0.310 e. The average molecular weight is 791 g/mol. The Bertz CT molecular complexity index is 3240. The molecule has 1 heterocycles. The lowest BCUT2D eigenvalue weighted by atomic mass is 9.94. The monoisotopic (exact) mass is 790 g/mol. The predicted molar refractivity (Wildman–Crippen MR) is 263 cm³/mol. The molecule has 0 N–H and O–H groups in total. The van der Waals surface area contributed by atoms with Crippen molar-refractivity contribution in [3.8, 4) is 61.3 Å². The van der Waals surface area contributed by atoms with Crippen LogP contribution in [0, 0.1) is 0 Å². The van der Waals surface area contributed by atoms with Gasteiger partial charge in [-0.15, -0.1) is 0 Å². The second-order valence-corrected chi connectivity index (χ2v) is 15.8. The molecule has 10 aromatic carbocycles. The molecule has 62 heavy (non-hydrogen) atoms. The highest BCUT2D eigenvalue weighted by Gasteiger charge is 2.22. The summed E-state index contributed by atoms with van der Waals surface area (Å²) in [5.74, 6) is 0. The maximum atomic E-state index is 2.47. The normalized spacial score (nSPS) is 11.2. The smallest absolute Gasteiger partial charge is 0.0561 e. The van der Waals surface area contributed by atoms with Gasteiger partial charge in [-0.05, 0) is 111 Å². The zero-order chi connectivity index (χ0) is 41.2. The Kier molecular flexibility index (Phi) is 9.57. The van der Waals surface area contributed by atoms with Crippen LogP contribution in [0.2, 0.25) is 0 Å². The molecule has 0 unspecified atom stereocenters. The summed E-state index contributed by atoms with van der Waals surface area (Å²) >= 11 is 0. The van der Waals surface area contributed by atoms with E-state index in [0.29, 0.717) is 0 Å². The minimum absolute atomic E-state index is 1.07. The second kappa shape index (κ2) is 16.1. The summed E-state index contributed by atoms with van der Waals surface area (Å²) in [5.41, 5.74) is 18.4. The topological polar surface area (TPSA) is 8.17 Å². The first-order chi connectivity index (χ1) is 30.7. The molecular formula is C60H42N2. The molecule has 0 aliphatic carbocycles. The summed E-state index contributed by atoms with van der Waals surface area (Å²) in [6, 6.07) is 92.3. The Morgan fingerprint density at radius 3 is 1.31 bits per heavy atom. The second-order valence-electron chi connectivity index (χ2n) is 15.8. The van der Waals surface area contributed by atoms with E-state index in [1.54, 1.807) is 0 Å². The van der Waals surface area contributed by atoms with Gasteiger partial charge in [0.15, 0.2) is 0 Å². The van der Waals surface area contributed by atoms with Gasteiger partial charge in [0, 0.05) is 33.4 Å². The standard InChI is InChI=1S/C60H42N2/c1-6-18-43(19-7-1)46-30-32-47(33-31-46)49-34-37-59(57(41-49)48-24-12-4-13-25-48)61(54-39-50(44-20-8-2-9-21-44)38-51(40-54)45-22-10-3-11-23-45)53-35-36-56-55-28-16-17-29-58(55)62(60(56)42-53)52-26-14-5-15-27-52/h1-42H. The SMILES string of the molecule is c1ccc(-c2ccc(-c3ccc(N(c4cc(-c5ccccc5)cc(-c5ccccc5)c4)c4ccc5c6ccccc6n(-c6ccccc6)c5c4)c(-c4ccccc4)c3)cc2)cc1. The van der Waals surface area contributed by atoms with E-state index in [1.807, 2.05) is 0 Å². The van der Waals surface area contributed by atoms with E-state index in [2.05, 4.69) is 264 Å². The van der Waals surface area contributed by atoms with Crippen molar-refractivity contribution in [3.63, 3.8) is 0 Å². The zero-order valence-corrected chi connectivity index (χ0v) is 34.1. The molecule has 11 aromatic rings. The van der Waals surface area contributed by atoms with Gasteiger partial charge in [-0.2, -0.15) is 0 Å². The van der Waals surface area contributed by atoms with E-state index in [1.165, 1.54) is 44.1 Å². The quantitative estimate of drug-likeness (QED) is 0.141. The van der Waals surface area contributed by atoms with Crippen LogP contribution in [0.25, 0.3) is 83.1 Å². The number of aromatic nitrogens is 1. The molecule has 11 rings (SSSR count). The van der Waals surface area contributed by atoms with Gasteiger partial charge in [0.25, 0.3) is 0 Å². The van der Waals surface area contributed by atoms with Gasteiger partial charge in [-0.3, -0.25) is 0 Å². The van der Waals surface area contributed by atoms with Gasteiger partial charge in [0.2, 0.25) is 0 Å². The van der Waals surface area contributed by atoms with Crippen LogP contribution in [0.4, 0.5) is 17.1 Å². The highest BCUT2D eigenvalue weighted by Crippen LogP contribution is 2.46. The molecule has 0 atom stereocenters. The first kappa shape index (κ1) is 36.8. The Hall–Kier alpha value is -8.20. The van der Waals surface area contributed by atoms with Gasteiger partial charge in [-0.25, -0.2) is 0 Å². The van der Waals surface area contributed by atoms with Crippen LogP contribution in [0.5, 0.6) is 0 Å². The van der Waals surface area contributed by atoms with E-state index < -0.39 is 0 Å². The Morgan fingerprint density at radius 2 is 0.710 bits per heavy atom. The lowest BCUT2D eigenvalue weighted by Gasteiger charge is -2.30. The maximum Gasteiger partial charge on any atom is 0.0561 e. The Morgan fingerprint density at radius 1 is 0.258 bits per heavy atom. The molecule has 0 amide bonds. The van der Waals surface area contributed by atoms with E-state index in [9.17, 15) is 0 Å². The van der Waals surface area contributed by atoms with E-state index in [4.69, 9.17) is 0 Å². The molecule has 292 valence electrons. The molecule has 2 heteroatoms. The number of para-hydroxylation sites is 2. The highest BCUT2D eigenvalue weighted by molar-refractivity contribution is 6.10. The third kappa shape index (κ3) is 6.94. The summed E-state index contributed by atoms with van der Waals surface area (Å²) in [6.45, 7) is 0. The number of hydrogen-bond acceptors (Lipinski definition) is 1. The predicted octanol–water partition coefficient (Wildman–Crippen LogP) is 16.6. The van der Waals surface area contributed by atoms with Gasteiger partial charge in [-0.1, -0.05) is 194 Å². The van der Waals surface area contributed by atoms with Crippen molar-refractivity contribution in [2.24, 2.45) is 0 Å². The number of fused-ring (bicyclic) bond motifs is 3. The zero-order valence-electron chi connectivity index (χ0n) is 34.1. The molecule has 0 radical (unpaired) electrons. The fourth-order valence-corrected chi connectivity index (χ4v) is 8.96. The van der Waals surface area contributed by atoms with Crippen molar-refractivity contribution < 1.29 is 0 Å². The summed E-state index contributed by atoms with van der Waals surface area (Å²) in [5, 5.41) is 2.45. The fraction of sp³-hybridized carbons (Fsp3) is 0. The summed E-state index contributed by atoms with van der Waals surface area (Å²) in [4.78, 5) is 2.47. The number of hydrogen-bond donors (Lipinski definition) is 0. The number of nitrogens with zero attached hydrogens (tertiary/aromatic N) is 2. The maximum absolute atomic E-state index is 2.47. The molecule has 1 aromatic heterocycles. The van der Waals surface area contributed by atoms with Crippen LogP contribution in [-0.2, 0) is 0 Å². The van der Waals surface area contributed by atoms with Crippen molar-refractivity contribution in [2.75, 3.05) is 4.90 Å². The van der Waals surface area contributed by atoms with Crippen molar-refractivity contribution in [1.82, 2.24) is 4.57 Å². The van der Waals surface area contributed by atoms with E-state index >= 15 is 0 Å². The number of benzene rings is 10. The van der Waals surface area contributed by atoms with Gasteiger partial charge < -0.3 is 9.47 Å². The van der Waals surface area contributed by atoms with Crippen molar-refractivity contribution in [3.05, 3.63) is 255 Å². The molecular weight excluding hydrogens is 749 g/mol. The third-order valence-corrected chi connectivity index (χ3v) is 12.0. The van der Waals surface area contributed by atoms with Crippen LogP contribution in [0.1, 0.15) is 0 Å². The van der Waals surface area contributed by atoms with Gasteiger partial charge in [0.1, 0.15) is 0 Å². The van der Waals surface area contributed by atoms with Crippen molar-refractivity contribution >= 4 is 38.9 Å². The summed E-state index contributed by atoms with van der Waals surface area (Å²) < 4.78 is 2.41. The minimum Gasteiger partial charge on any atom is -0.310 e. The molecule has 0 bridgehead atoms. The van der Waals surface area contributed by atoms with Crippen LogP contribution in [0.3, 0.4) is 0 Å². The van der Waals surface area contributed by atoms with Gasteiger partial charge in [0.05, 0.1) is 16.7 Å². The third-order valence-electron chi connectivity index (χ3n) is 12.0. The summed E-state index contributed by atoms with van der Waals surface area (Å²) in [7, 11) is 0. The first-order valence-corrected chi connectivity index (χ1v) is 21.3. The molecule has 0 saturated heterocycles. The molecule has 0 aliphatic heterocycles. The Balaban J connectivity index is 1.17. The average Bonchev–Trinajstić information content (AvgIpc) is 3.69.